The summed E-state index contributed by atoms with van der Waals surface area (Å²) in [5.74, 6) is 0.512. The number of imidazole rings is 1. The van der Waals surface area contributed by atoms with Gasteiger partial charge in [-0.25, -0.2) is 9.97 Å². The first-order valence-electron chi connectivity index (χ1n) is 15.3. The van der Waals surface area contributed by atoms with Crippen LogP contribution in [0.2, 0.25) is 5.02 Å². The number of nitrogens with zero attached hydrogens (tertiary/aromatic N) is 6. The lowest BCUT2D eigenvalue weighted by Crippen LogP contribution is -2.27. The molecular weight excluding hydrogens is 586 g/mol. The summed E-state index contributed by atoms with van der Waals surface area (Å²) in [5, 5.41) is 13.3. The molecule has 0 spiro atoms. The van der Waals surface area contributed by atoms with Crippen LogP contribution in [0.4, 0.5) is 5.69 Å². The van der Waals surface area contributed by atoms with Gasteiger partial charge in [0.25, 0.3) is 5.91 Å². The molecule has 10 heteroatoms. The number of amides is 1. The van der Waals surface area contributed by atoms with Gasteiger partial charge in [0.05, 0.1) is 22.0 Å². The molecule has 228 valence electrons. The van der Waals surface area contributed by atoms with E-state index in [1.54, 1.807) is 6.07 Å². The van der Waals surface area contributed by atoms with Crippen molar-refractivity contribution in [3.8, 4) is 28.7 Å². The Morgan fingerprint density at radius 1 is 1.04 bits per heavy atom. The smallest absolute Gasteiger partial charge is 0.291 e. The number of aromatic nitrogens is 3. The Balaban J connectivity index is 1.20. The van der Waals surface area contributed by atoms with Gasteiger partial charge in [-0.15, -0.1) is 0 Å². The largest absolute Gasteiger partial charge is 0.435 e. The molecule has 1 N–H and O–H groups in total. The van der Waals surface area contributed by atoms with Crippen LogP contribution in [0.15, 0.2) is 52.9 Å². The molecule has 9 nitrogen and oxygen atoms in total. The Labute approximate surface area is 267 Å². The Hall–Kier alpha value is -4.49. The standard InChI is InChI=1S/C35H34ClN7O2/c1-21-24(26-10-7-11-27(31(26)36)39-34(44)33-38-29-20-41(2)15-12-30(29)42(33)3)8-6-9-25(21)35-40-28-17-22(19-43-13-4-5-14-43)16-23(18-37)32(28)45-35/h6-11,16-17H,4-5,12-15,19-20H2,1-3H3,(H,39,44). The van der Waals surface area contributed by atoms with Crippen LogP contribution in [0, 0.1) is 18.3 Å². The number of nitrogens with one attached hydrogen (secondary N) is 1. The summed E-state index contributed by atoms with van der Waals surface area (Å²) in [5.41, 5.74) is 8.65. The molecule has 0 bridgehead atoms. The molecule has 2 aliphatic rings. The third-order valence-corrected chi connectivity index (χ3v) is 9.43. The fourth-order valence-corrected chi connectivity index (χ4v) is 6.89. The van der Waals surface area contributed by atoms with Crippen molar-refractivity contribution in [2.45, 2.75) is 39.3 Å². The summed E-state index contributed by atoms with van der Waals surface area (Å²) < 4.78 is 8.12. The van der Waals surface area contributed by atoms with Crippen molar-refractivity contribution in [3.63, 3.8) is 0 Å². The third kappa shape index (κ3) is 5.39. The minimum absolute atomic E-state index is 0.303. The Morgan fingerprint density at radius 3 is 2.60 bits per heavy atom. The van der Waals surface area contributed by atoms with Crippen LogP contribution in [0.3, 0.4) is 0 Å². The topological polar surface area (TPSA) is 103 Å². The van der Waals surface area contributed by atoms with Gasteiger partial charge in [-0.1, -0.05) is 35.9 Å². The number of likely N-dealkylation sites (tertiary alicyclic amines) is 1. The van der Waals surface area contributed by atoms with Crippen molar-refractivity contribution in [2.75, 3.05) is 32.0 Å². The van der Waals surface area contributed by atoms with E-state index in [0.29, 0.717) is 39.1 Å². The van der Waals surface area contributed by atoms with Gasteiger partial charge >= 0.3 is 0 Å². The maximum atomic E-state index is 13.4. The predicted octanol–water partition coefficient (Wildman–Crippen LogP) is 6.56. The van der Waals surface area contributed by atoms with E-state index in [1.165, 1.54) is 12.8 Å². The lowest BCUT2D eigenvalue weighted by Gasteiger charge is -2.21. The van der Waals surface area contributed by atoms with E-state index in [1.807, 2.05) is 61.0 Å². The Morgan fingerprint density at radius 2 is 1.80 bits per heavy atom. The number of carbonyl (C=O) groups is 1. The quantitative estimate of drug-likeness (QED) is 0.229. The molecule has 3 aromatic carbocycles. The van der Waals surface area contributed by atoms with E-state index in [2.05, 4.69) is 33.2 Å². The molecule has 4 heterocycles. The monoisotopic (exact) mass is 619 g/mol. The molecule has 1 amide bonds. The van der Waals surface area contributed by atoms with Crippen molar-refractivity contribution < 1.29 is 9.21 Å². The average Bonchev–Trinajstić information content (AvgIpc) is 3.77. The highest BCUT2D eigenvalue weighted by atomic mass is 35.5. The molecule has 1 saturated heterocycles. The summed E-state index contributed by atoms with van der Waals surface area (Å²) in [6.45, 7) is 6.61. The van der Waals surface area contributed by atoms with Crippen LogP contribution >= 0.6 is 11.6 Å². The summed E-state index contributed by atoms with van der Waals surface area (Å²) in [7, 11) is 3.94. The van der Waals surface area contributed by atoms with Crippen LogP contribution < -0.4 is 5.32 Å². The minimum Gasteiger partial charge on any atom is -0.435 e. The van der Waals surface area contributed by atoms with Crippen LogP contribution in [-0.4, -0.2) is 56.9 Å². The highest BCUT2D eigenvalue weighted by Gasteiger charge is 2.25. The van der Waals surface area contributed by atoms with E-state index in [-0.39, 0.29) is 5.91 Å². The molecule has 0 aliphatic carbocycles. The molecule has 0 unspecified atom stereocenters. The van der Waals surface area contributed by atoms with Gasteiger partial charge in [0.15, 0.2) is 11.4 Å². The predicted molar refractivity (Wildman–Crippen MR) is 175 cm³/mol. The van der Waals surface area contributed by atoms with Gasteiger partial charge in [-0.05, 0) is 80.9 Å². The Bertz CT molecular complexity index is 2000. The lowest BCUT2D eigenvalue weighted by atomic mass is 9.96. The number of carbonyl (C=O) groups excluding carboxylic acids is 1. The molecule has 5 aromatic rings. The van der Waals surface area contributed by atoms with Gasteiger partial charge in [0.2, 0.25) is 5.89 Å². The van der Waals surface area contributed by atoms with E-state index in [4.69, 9.17) is 21.0 Å². The van der Waals surface area contributed by atoms with E-state index < -0.39 is 0 Å². The number of anilines is 1. The van der Waals surface area contributed by atoms with E-state index in [9.17, 15) is 10.1 Å². The summed E-state index contributed by atoms with van der Waals surface area (Å²) >= 11 is 6.97. The van der Waals surface area contributed by atoms with Gasteiger partial charge in [0.1, 0.15) is 11.6 Å². The number of halogens is 1. The molecule has 2 aliphatic heterocycles. The normalized spacial score (nSPS) is 15.4. The third-order valence-electron chi connectivity index (χ3n) is 9.03. The number of hydrogen-bond donors (Lipinski definition) is 1. The number of hydrogen-bond acceptors (Lipinski definition) is 7. The van der Waals surface area contributed by atoms with E-state index >= 15 is 0 Å². The van der Waals surface area contributed by atoms with Gasteiger partial charge in [-0.2, -0.15) is 5.26 Å². The molecule has 0 radical (unpaired) electrons. The van der Waals surface area contributed by atoms with Crippen LogP contribution in [0.5, 0.6) is 0 Å². The van der Waals surface area contributed by atoms with Crippen molar-refractivity contribution in [1.29, 1.82) is 5.26 Å². The zero-order valence-electron chi connectivity index (χ0n) is 25.7. The number of nitriles is 1. The maximum absolute atomic E-state index is 13.4. The van der Waals surface area contributed by atoms with Gasteiger partial charge in [-0.3, -0.25) is 9.69 Å². The maximum Gasteiger partial charge on any atom is 0.291 e. The first-order chi connectivity index (χ1) is 21.8. The van der Waals surface area contributed by atoms with Crippen molar-refractivity contribution in [1.82, 2.24) is 24.3 Å². The van der Waals surface area contributed by atoms with Crippen LogP contribution in [-0.2, 0) is 26.6 Å². The zero-order valence-corrected chi connectivity index (χ0v) is 26.4. The van der Waals surface area contributed by atoms with Gasteiger partial charge in [0, 0.05) is 49.9 Å². The first-order valence-corrected chi connectivity index (χ1v) is 15.7. The average molecular weight is 620 g/mol. The van der Waals surface area contributed by atoms with Crippen LogP contribution in [0.25, 0.3) is 33.7 Å². The number of rotatable bonds is 6. The summed E-state index contributed by atoms with van der Waals surface area (Å²) in [6.07, 6.45) is 3.27. The van der Waals surface area contributed by atoms with E-state index in [0.717, 1.165) is 78.3 Å². The fraction of sp³-hybridized carbons (Fsp3) is 0.314. The van der Waals surface area contributed by atoms with Crippen molar-refractivity contribution >= 4 is 34.3 Å². The SMILES string of the molecule is Cc1c(-c2nc3cc(CN4CCCC4)cc(C#N)c3o2)cccc1-c1cccc(NC(=O)c2nc3c(n2C)CCN(C)C3)c1Cl. The lowest BCUT2D eigenvalue weighted by molar-refractivity contribution is 0.101. The Kier molecular flexibility index (Phi) is 7.66. The number of oxazole rings is 1. The number of fused-ring (bicyclic) bond motifs is 2. The highest BCUT2D eigenvalue weighted by Crippen LogP contribution is 2.39. The van der Waals surface area contributed by atoms with Gasteiger partial charge < -0.3 is 19.2 Å². The summed E-state index contributed by atoms with van der Waals surface area (Å²) in [4.78, 5) is 27.5. The second-order valence-electron chi connectivity index (χ2n) is 12.1. The zero-order chi connectivity index (χ0) is 31.2. The molecule has 45 heavy (non-hydrogen) atoms. The summed E-state index contributed by atoms with van der Waals surface area (Å²) in [6, 6.07) is 17.7. The molecule has 7 rings (SSSR count). The molecule has 0 atom stereocenters. The highest BCUT2D eigenvalue weighted by molar-refractivity contribution is 6.36. The number of benzene rings is 3. The van der Waals surface area contributed by atoms with Crippen molar-refractivity contribution in [3.05, 3.63) is 87.5 Å². The van der Waals surface area contributed by atoms with Crippen LogP contribution in [0.1, 0.15) is 51.5 Å². The molecule has 1 fully saturated rings. The fourth-order valence-electron chi connectivity index (χ4n) is 6.62. The first kappa shape index (κ1) is 29.2. The minimum atomic E-state index is -0.303. The second-order valence-corrected chi connectivity index (χ2v) is 12.5. The van der Waals surface area contributed by atoms with Crippen molar-refractivity contribution in [2.24, 2.45) is 7.05 Å². The number of likely N-dealkylation sites (N-methyl/N-ethyl adjacent to an activating group) is 1. The molecular formula is C35H34ClN7O2. The second kappa shape index (κ2) is 11.8. The molecule has 0 saturated carbocycles. The molecule has 2 aromatic heterocycles.